The van der Waals surface area contributed by atoms with E-state index in [0.29, 0.717) is 17.4 Å². The number of hydrogen-bond donors (Lipinski definition) is 2. The molecule has 0 aliphatic heterocycles. The quantitative estimate of drug-likeness (QED) is 0.0272. The molecular weight excluding hydrogens is 876 g/mol. The maximum atomic E-state index is 12.9. The number of nitrogens with zero attached hydrogens (tertiary/aromatic N) is 1. The van der Waals surface area contributed by atoms with Crippen LogP contribution in [0.1, 0.15) is 187 Å². The number of carbonyl (C=O) groups is 1. The van der Waals surface area contributed by atoms with Crippen molar-refractivity contribution in [3.63, 3.8) is 0 Å². The number of carbonyl (C=O) groups excluding carboxylic acids is 1. The summed E-state index contributed by atoms with van der Waals surface area (Å²) in [7, 11) is 1.22. The maximum Gasteiger partial charge on any atom is 0.268 e. The Hall–Kier alpha value is -3.36. The van der Waals surface area contributed by atoms with Crippen molar-refractivity contribution in [1.29, 1.82) is 0 Å². The molecule has 0 radical (unpaired) electrons. The minimum absolute atomic E-state index is 0.0146. The maximum absolute atomic E-state index is 12.9. The number of likely N-dealkylation sites (N-methyl/N-ethyl adjacent to an activating group) is 1. The Labute approximate surface area is 424 Å². The fourth-order valence-corrected chi connectivity index (χ4v) is 7.59. The van der Waals surface area contributed by atoms with Gasteiger partial charge in [-0.25, -0.2) is 0 Å². The predicted molar refractivity (Wildman–Crippen MR) is 297 cm³/mol. The van der Waals surface area contributed by atoms with E-state index in [1.54, 1.807) is 6.08 Å². The molecule has 9 heteroatoms. The van der Waals surface area contributed by atoms with Gasteiger partial charge in [0, 0.05) is 6.42 Å². The molecule has 0 aliphatic carbocycles. The van der Waals surface area contributed by atoms with E-state index in [-0.39, 0.29) is 12.5 Å². The molecule has 8 nitrogen and oxygen atoms in total. The molecule has 0 bridgehead atoms. The summed E-state index contributed by atoms with van der Waals surface area (Å²) in [5.74, 6) is -0.223. The topological polar surface area (TPSA) is 108 Å². The Morgan fingerprint density at radius 2 is 0.899 bits per heavy atom. The molecule has 0 aromatic carbocycles. The van der Waals surface area contributed by atoms with E-state index in [1.807, 2.05) is 27.2 Å². The van der Waals surface area contributed by atoms with Gasteiger partial charge in [0.15, 0.2) is 0 Å². The van der Waals surface area contributed by atoms with Crippen LogP contribution in [0.15, 0.2) is 134 Å². The summed E-state index contributed by atoms with van der Waals surface area (Å²) in [4.78, 5) is 25.3. The highest BCUT2D eigenvalue weighted by molar-refractivity contribution is 7.45. The van der Waals surface area contributed by atoms with Crippen molar-refractivity contribution in [3.8, 4) is 0 Å². The molecular formula is C60H101N2O6P. The summed E-state index contributed by atoms with van der Waals surface area (Å²) >= 11 is 0. The van der Waals surface area contributed by atoms with Crippen LogP contribution in [-0.4, -0.2) is 68.5 Å². The van der Waals surface area contributed by atoms with Gasteiger partial charge in [-0.15, -0.1) is 0 Å². The second kappa shape index (κ2) is 49.6. The van der Waals surface area contributed by atoms with Crippen LogP contribution in [0.4, 0.5) is 0 Å². The third-order valence-electron chi connectivity index (χ3n) is 11.1. The SMILES string of the molecule is CC/C=C\C/C=C\C/C=C\C/C=C\C/C=C\C/C=C\C/C=C\C/C=C\C/C=C\CCCCCCCCCCCC(=O)NC(COP(=O)([O-])OCC[N+](C)(C)C)C(O)/C=C/CC/C=C/CCCCCC. The van der Waals surface area contributed by atoms with Crippen LogP contribution in [0.25, 0.3) is 0 Å². The van der Waals surface area contributed by atoms with Crippen molar-refractivity contribution in [2.45, 2.75) is 199 Å². The summed E-state index contributed by atoms with van der Waals surface area (Å²) in [6.45, 7) is 4.44. The third kappa shape index (κ3) is 52.3. The number of allylic oxidation sites excluding steroid dienone is 21. The van der Waals surface area contributed by atoms with Crippen LogP contribution >= 0.6 is 7.82 Å². The lowest BCUT2D eigenvalue weighted by atomic mass is 10.1. The fourth-order valence-electron chi connectivity index (χ4n) is 6.86. The van der Waals surface area contributed by atoms with Crippen LogP contribution < -0.4 is 10.2 Å². The van der Waals surface area contributed by atoms with Gasteiger partial charge in [0.05, 0.1) is 39.9 Å². The standard InChI is InChI=1S/C60H101N2O6P/c1-6-8-10-12-14-16-18-19-20-21-22-23-24-25-26-27-28-29-30-31-32-33-34-35-36-37-38-39-40-41-42-43-44-46-48-50-52-54-60(64)61-58(57-68-69(65,66)67-56-55-62(3,4)5)59(63)53-51-49-47-45-17-15-13-11-9-7-2/h8,10,14,16-17,19-20,22-23,25-26,28-29,31-32,34-35,37-38,45,51,53,58-59,63H,6-7,9,11-13,15,18,21,24,27,30,33,36,39-44,46-50,52,54-57H2,1-5H3,(H-,61,64,65,66)/b10-8-,16-14-,20-19-,23-22-,26-25-,29-28-,32-31-,35-34-,38-37-,45-17+,53-51+. The highest BCUT2D eigenvalue weighted by atomic mass is 31.2. The van der Waals surface area contributed by atoms with E-state index in [9.17, 15) is 19.4 Å². The molecule has 0 aliphatic rings. The summed E-state index contributed by atoms with van der Waals surface area (Å²) in [6, 6.07) is -0.914. The summed E-state index contributed by atoms with van der Waals surface area (Å²) in [5.41, 5.74) is 0. The molecule has 0 fully saturated rings. The first kappa shape index (κ1) is 65.6. The van der Waals surface area contributed by atoms with Crippen molar-refractivity contribution in [3.05, 3.63) is 134 Å². The van der Waals surface area contributed by atoms with E-state index in [1.165, 1.54) is 57.8 Å². The first-order chi connectivity index (χ1) is 33.5. The van der Waals surface area contributed by atoms with Crippen molar-refractivity contribution in [1.82, 2.24) is 5.32 Å². The van der Waals surface area contributed by atoms with Crippen LogP contribution in [-0.2, 0) is 18.4 Å². The van der Waals surface area contributed by atoms with Crippen LogP contribution in [0.2, 0.25) is 0 Å². The number of aliphatic hydroxyl groups excluding tert-OH is 1. The second-order valence-corrected chi connectivity index (χ2v) is 20.2. The molecule has 3 unspecified atom stereocenters. The molecule has 3 atom stereocenters. The van der Waals surface area contributed by atoms with Crippen LogP contribution in [0.3, 0.4) is 0 Å². The minimum Gasteiger partial charge on any atom is -0.756 e. The number of quaternary nitrogens is 1. The molecule has 69 heavy (non-hydrogen) atoms. The monoisotopic (exact) mass is 977 g/mol. The lowest BCUT2D eigenvalue weighted by Gasteiger charge is -2.29. The zero-order chi connectivity index (χ0) is 50.6. The number of amides is 1. The highest BCUT2D eigenvalue weighted by Crippen LogP contribution is 2.38. The van der Waals surface area contributed by atoms with Crippen molar-refractivity contribution >= 4 is 13.7 Å². The molecule has 0 rings (SSSR count). The van der Waals surface area contributed by atoms with Gasteiger partial charge in [0.2, 0.25) is 5.91 Å². The van der Waals surface area contributed by atoms with Gasteiger partial charge in [-0.2, -0.15) is 0 Å². The Kier molecular flexibility index (Phi) is 47.2. The number of aliphatic hydroxyl groups is 1. The van der Waals surface area contributed by atoms with Gasteiger partial charge in [0.1, 0.15) is 13.2 Å². The average Bonchev–Trinajstić information content (AvgIpc) is 3.31. The van der Waals surface area contributed by atoms with E-state index in [4.69, 9.17) is 9.05 Å². The van der Waals surface area contributed by atoms with Crippen molar-refractivity contribution in [2.75, 3.05) is 40.9 Å². The number of unbranched alkanes of at least 4 members (excludes halogenated alkanes) is 14. The Morgan fingerprint density at radius 3 is 1.35 bits per heavy atom. The van der Waals surface area contributed by atoms with Crippen molar-refractivity contribution < 1.29 is 32.9 Å². The zero-order valence-electron chi connectivity index (χ0n) is 44.5. The molecule has 1 amide bonds. The van der Waals surface area contributed by atoms with E-state index in [2.05, 4.69) is 141 Å². The average molecular weight is 977 g/mol. The predicted octanol–water partition coefficient (Wildman–Crippen LogP) is 15.7. The summed E-state index contributed by atoms with van der Waals surface area (Å²) in [5, 5.41) is 13.7. The smallest absolute Gasteiger partial charge is 0.268 e. The van der Waals surface area contributed by atoms with Gasteiger partial charge >= 0.3 is 0 Å². The highest BCUT2D eigenvalue weighted by Gasteiger charge is 2.23. The number of phosphoric acid groups is 1. The van der Waals surface area contributed by atoms with E-state index < -0.39 is 26.6 Å². The number of phosphoric ester groups is 1. The molecule has 0 heterocycles. The van der Waals surface area contributed by atoms with E-state index >= 15 is 0 Å². The molecule has 392 valence electrons. The number of nitrogens with one attached hydrogen (secondary N) is 1. The zero-order valence-corrected chi connectivity index (χ0v) is 45.3. The van der Waals surface area contributed by atoms with Gasteiger partial charge in [-0.1, -0.05) is 212 Å². The van der Waals surface area contributed by atoms with Gasteiger partial charge < -0.3 is 28.8 Å². The summed E-state index contributed by atoms with van der Waals surface area (Å²) in [6.07, 6.45) is 75.4. The second-order valence-electron chi connectivity index (χ2n) is 18.8. The molecule has 0 aromatic heterocycles. The van der Waals surface area contributed by atoms with E-state index in [0.717, 1.165) is 109 Å². The Morgan fingerprint density at radius 1 is 0.522 bits per heavy atom. The first-order valence-corrected chi connectivity index (χ1v) is 28.5. The Balaban J connectivity index is 4.11. The normalized spacial score (nSPS) is 15.1. The number of hydrogen-bond acceptors (Lipinski definition) is 6. The minimum atomic E-state index is -4.61. The lowest BCUT2D eigenvalue weighted by Crippen LogP contribution is -2.45. The molecule has 2 N–H and O–H groups in total. The molecule has 0 spiro atoms. The fraction of sp³-hybridized carbons (Fsp3) is 0.617. The Bertz CT molecular complexity index is 1580. The van der Waals surface area contributed by atoms with Crippen LogP contribution in [0, 0.1) is 0 Å². The lowest BCUT2D eigenvalue weighted by molar-refractivity contribution is -0.870. The first-order valence-electron chi connectivity index (χ1n) is 27.0. The summed E-state index contributed by atoms with van der Waals surface area (Å²) < 4.78 is 23.2. The van der Waals surface area contributed by atoms with Crippen LogP contribution in [0.5, 0.6) is 0 Å². The van der Waals surface area contributed by atoms with Gasteiger partial charge in [-0.3, -0.25) is 9.36 Å². The third-order valence-corrected chi connectivity index (χ3v) is 12.1. The molecule has 0 aromatic rings. The molecule has 0 saturated heterocycles. The largest absolute Gasteiger partial charge is 0.756 e. The van der Waals surface area contributed by atoms with Crippen molar-refractivity contribution in [2.24, 2.45) is 0 Å². The number of rotatable bonds is 47. The molecule has 0 saturated carbocycles. The van der Waals surface area contributed by atoms with Gasteiger partial charge in [-0.05, 0) is 103 Å². The van der Waals surface area contributed by atoms with Gasteiger partial charge in [0.25, 0.3) is 7.82 Å².